The standard InChI is InChI=1S/C18H20ClFN2O/c19-15-3-1-14(2-4-15)18(23)13-21-9-11-22(12-10-21)17-7-5-16(20)6-8-17/h1-8,18,23H,9-13H2/t18-/m0/s1. The van der Waals surface area contributed by atoms with E-state index in [9.17, 15) is 9.50 Å². The van der Waals surface area contributed by atoms with Crippen molar-refractivity contribution in [3.05, 3.63) is 64.9 Å². The maximum atomic E-state index is 13.0. The molecule has 0 amide bonds. The van der Waals surface area contributed by atoms with Crippen molar-refractivity contribution < 1.29 is 9.50 Å². The van der Waals surface area contributed by atoms with Gasteiger partial charge < -0.3 is 10.0 Å². The summed E-state index contributed by atoms with van der Waals surface area (Å²) >= 11 is 5.87. The minimum atomic E-state index is -0.510. The van der Waals surface area contributed by atoms with Gasteiger partial charge in [0.05, 0.1) is 6.10 Å². The van der Waals surface area contributed by atoms with Crippen molar-refractivity contribution >= 4 is 17.3 Å². The second-order valence-corrected chi connectivity index (χ2v) is 6.27. The molecule has 2 aromatic carbocycles. The first-order chi connectivity index (χ1) is 11.1. The summed E-state index contributed by atoms with van der Waals surface area (Å²) in [5.41, 5.74) is 1.93. The van der Waals surface area contributed by atoms with Gasteiger partial charge in [-0.25, -0.2) is 4.39 Å². The van der Waals surface area contributed by atoms with Gasteiger partial charge in [0.15, 0.2) is 0 Å². The Hall–Kier alpha value is -1.62. The van der Waals surface area contributed by atoms with Gasteiger partial charge in [0.1, 0.15) is 5.82 Å². The minimum absolute atomic E-state index is 0.210. The second-order valence-electron chi connectivity index (χ2n) is 5.83. The van der Waals surface area contributed by atoms with Crippen LogP contribution >= 0.6 is 11.6 Å². The maximum absolute atomic E-state index is 13.0. The summed E-state index contributed by atoms with van der Waals surface area (Å²) in [6.45, 7) is 4.11. The number of hydrogen-bond acceptors (Lipinski definition) is 3. The van der Waals surface area contributed by atoms with Crippen LogP contribution in [0.25, 0.3) is 0 Å². The summed E-state index contributed by atoms with van der Waals surface area (Å²) in [6, 6.07) is 13.9. The lowest BCUT2D eigenvalue weighted by atomic mass is 10.1. The summed E-state index contributed by atoms with van der Waals surface area (Å²) in [5, 5.41) is 11.0. The van der Waals surface area contributed by atoms with Crippen LogP contribution < -0.4 is 4.90 Å². The molecule has 0 bridgehead atoms. The van der Waals surface area contributed by atoms with Crippen molar-refractivity contribution in [3.8, 4) is 0 Å². The molecule has 1 aliphatic rings. The Morgan fingerprint density at radius 2 is 1.57 bits per heavy atom. The number of rotatable bonds is 4. The van der Waals surface area contributed by atoms with E-state index in [4.69, 9.17) is 11.6 Å². The predicted octanol–water partition coefficient (Wildman–Crippen LogP) is 3.33. The highest BCUT2D eigenvalue weighted by molar-refractivity contribution is 6.30. The average molecular weight is 335 g/mol. The van der Waals surface area contributed by atoms with Crippen molar-refractivity contribution in [2.24, 2.45) is 0 Å². The van der Waals surface area contributed by atoms with E-state index >= 15 is 0 Å². The Labute approximate surface area is 140 Å². The van der Waals surface area contributed by atoms with Crippen LogP contribution in [-0.4, -0.2) is 42.7 Å². The van der Waals surface area contributed by atoms with Crippen molar-refractivity contribution in [2.45, 2.75) is 6.10 Å². The molecule has 0 spiro atoms. The summed E-state index contributed by atoms with van der Waals surface area (Å²) in [6.07, 6.45) is -0.510. The fourth-order valence-corrected chi connectivity index (χ4v) is 3.00. The third kappa shape index (κ3) is 4.22. The first-order valence-corrected chi connectivity index (χ1v) is 8.16. The van der Waals surface area contributed by atoms with Crippen molar-refractivity contribution in [1.82, 2.24) is 4.90 Å². The molecule has 3 rings (SSSR count). The lowest BCUT2D eigenvalue weighted by molar-refractivity contribution is 0.109. The quantitative estimate of drug-likeness (QED) is 0.929. The maximum Gasteiger partial charge on any atom is 0.123 e. The first kappa shape index (κ1) is 16.2. The predicted molar refractivity (Wildman–Crippen MR) is 91.5 cm³/mol. The van der Waals surface area contributed by atoms with Crippen LogP contribution in [0.1, 0.15) is 11.7 Å². The van der Waals surface area contributed by atoms with E-state index in [-0.39, 0.29) is 5.82 Å². The number of anilines is 1. The zero-order valence-corrected chi connectivity index (χ0v) is 13.6. The van der Waals surface area contributed by atoms with Crippen LogP contribution in [0, 0.1) is 5.82 Å². The molecule has 3 nitrogen and oxygen atoms in total. The minimum Gasteiger partial charge on any atom is -0.387 e. The largest absolute Gasteiger partial charge is 0.387 e. The monoisotopic (exact) mass is 334 g/mol. The Morgan fingerprint density at radius 3 is 2.17 bits per heavy atom. The Bertz CT molecular complexity index is 624. The normalized spacial score (nSPS) is 17.3. The fourth-order valence-electron chi connectivity index (χ4n) is 2.88. The van der Waals surface area contributed by atoms with Gasteiger partial charge in [-0.05, 0) is 42.0 Å². The highest BCUT2D eigenvalue weighted by Crippen LogP contribution is 2.20. The van der Waals surface area contributed by atoms with Gasteiger partial charge in [-0.1, -0.05) is 23.7 Å². The summed E-state index contributed by atoms with van der Waals surface area (Å²) in [7, 11) is 0. The SMILES string of the molecule is O[C@@H](CN1CCN(c2ccc(F)cc2)CC1)c1ccc(Cl)cc1. The molecule has 0 radical (unpaired) electrons. The fraction of sp³-hybridized carbons (Fsp3) is 0.333. The molecule has 23 heavy (non-hydrogen) atoms. The van der Waals surface area contributed by atoms with Gasteiger partial charge in [-0.3, -0.25) is 4.90 Å². The number of hydrogen-bond donors (Lipinski definition) is 1. The Morgan fingerprint density at radius 1 is 0.957 bits per heavy atom. The molecule has 0 aromatic heterocycles. The Kier molecular flexibility index (Phi) is 5.16. The molecule has 1 saturated heterocycles. The average Bonchev–Trinajstić information content (AvgIpc) is 2.57. The highest BCUT2D eigenvalue weighted by atomic mass is 35.5. The molecule has 0 saturated carbocycles. The van der Waals surface area contributed by atoms with E-state index < -0.39 is 6.10 Å². The smallest absolute Gasteiger partial charge is 0.123 e. The number of nitrogens with zero attached hydrogens (tertiary/aromatic N) is 2. The van der Waals surface area contributed by atoms with Crippen molar-refractivity contribution in [3.63, 3.8) is 0 Å². The van der Waals surface area contributed by atoms with Crippen LogP contribution in [0.3, 0.4) is 0 Å². The summed E-state index contributed by atoms with van der Waals surface area (Å²) in [4.78, 5) is 4.49. The van der Waals surface area contributed by atoms with Crippen molar-refractivity contribution in [2.75, 3.05) is 37.6 Å². The van der Waals surface area contributed by atoms with Gasteiger partial charge in [0, 0.05) is 43.4 Å². The Balaban J connectivity index is 1.52. The highest BCUT2D eigenvalue weighted by Gasteiger charge is 2.20. The van der Waals surface area contributed by atoms with E-state index in [0.717, 1.165) is 37.4 Å². The molecule has 1 atom stereocenters. The van der Waals surface area contributed by atoms with E-state index in [2.05, 4.69) is 9.80 Å². The van der Waals surface area contributed by atoms with Gasteiger partial charge >= 0.3 is 0 Å². The van der Waals surface area contributed by atoms with Gasteiger partial charge in [-0.15, -0.1) is 0 Å². The van der Waals surface area contributed by atoms with Gasteiger partial charge in [0.25, 0.3) is 0 Å². The third-order valence-electron chi connectivity index (χ3n) is 4.25. The first-order valence-electron chi connectivity index (χ1n) is 7.78. The number of benzene rings is 2. The molecule has 1 heterocycles. The van der Waals surface area contributed by atoms with Crippen LogP contribution in [0.2, 0.25) is 5.02 Å². The number of aliphatic hydroxyl groups excluding tert-OH is 1. The molecule has 1 N–H and O–H groups in total. The molecule has 0 unspecified atom stereocenters. The number of piperazine rings is 1. The van der Waals surface area contributed by atoms with Crippen LogP contribution in [0.4, 0.5) is 10.1 Å². The molecule has 2 aromatic rings. The van der Waals surface area contributed by atoms with E-state index in [1.54, 1.807) is 12.1 Å². The van der Waals surface area contributed by atoms with Gasteiger partial charge in [0.2, 0.25) is 0 Å². The topological polar surface area (TPSA) is 26.7 Å². The van der Waals surface area contributed by atoms with Crippen LogP contribution in [-0.2, 0) is 0 Å². The third-order valence-corrected chi connectivity index (χ3v) is 4.50. The molecule has 1 aliphatic heterocycles. The van der Waals surface area contributed by atoms with E-state index in [1.807, 2.05) is 24.3 Å². The molecular weight excluding hydrogens is 315 g/mol. The number of aliphatic hydroxyl groups is 1. The van der Waals surface area contributed by atoms with Crippen molar-refractivity contribution in [1.29, 1.82) is 0 Å². The van der Waals surface area contributed by atoms with E-state index in [0.29, 0.717) is 11.6 Å². The second kappa shape index (κ2) is 7.30. The number of β-amino-alcohol motifs (C(OH)–C–C–N with tert-alkyl or cyclic N) is 1. The van der Waals surface area contributed by atoms with Crippen LogP contribution in [0.5, 0.6) is 0 Å². The molecule has 0 aliphatic carbocycles. The molecule has 1 fully saturated rings. The van der Waals surface area contributed by atoms with E-state index in [1.165, 1.54) is 12.1 Å². The number of halogens is 2. The molecule has 5 heteroatoms. The lowest BCUT2D eigenvalue weighted by Crippen LogP contribution is -2.47. The summed E-state index contributed by atoms with van der Waals surface area (Å²) in [5.74, 6) is -0.210. The zero-order chi connectivity index (χ0) is 16.2. The van der Waals surface area contributed by atoms with Crippen LogP contribution in [0.15, 0.2) is 48.5 Å². The van der Waals surface area contributed by atoms with Gasteiger partial charge in [-0.2, -0.15) is 0 Å². The molecule has 122 valence electrons. The lowest BCUT2D eigenvalue weighted by Gasteiger charge is -2.37. The molecular formula is C18H20ClFN2O. The summed E-state index contributed by atoms with van der Waals surface area (Å²) < 4.78 is 13.0. The zero-order valence-electron chi connectivity index (χ0n) is 12.8.